The number of hydrogen-bond acceptors (Lipinski definition) is 5. The van der Waals surface area contributed by atoms with Crippen LogP contribution in [0, 0.1) is 5.92 Å². The summed E-state index contributed by atoms with van der Waals surface area (Å²) >= 11 is 0. The third-order valence-corrected chi connectivity index (χ3v) is 5.09. The van der Waals surface area contributed by atoms with Crippen LogP contribution in [0.5, 0.6) is 17.2 Å². The number of amides is 1. The maximum atomic E-state index is 13.1. The predicted molar refractivity (Wildman–Crippen MR) is 105 cm³/mol. The summed E-state index contributed by atoms with van der Waals surface area (Å²) in [6, 6.07) is 12.4. The van der Waals surface area contributed by atoms with Crippen LogP contribution in [0.2, 0.25) is 0 Å². The lowest BCUT2D eigenvalue weighted by molar-refractivity contribution is 0.0633. The van der Waals surface area contributed by atoms with Crippen LogP contribution in [0.1, 0.15) is 33.6 Å². The van der Waals surface area contributed by atoms with Gasteiger partial charge in [-0.1, -0.05) is 18.2 Å². The fourth-order valence-electron chi connectivity index (χ4n) is 3.67. The lowest BCUT2D eigenvalue weighted by atomic mass is 9.89. The molecule has 28 heavy (non-hydrogen) atoms. The molecule has 0 aliphatic carbocycles. The van der Waals surface area contributed by atoms with Crippen LogP contribution in [0.4, 0.5) is 0 Å². The first kappa shape index (κ1) is 19.7. The average Bonchev–Trinajstić information content (AvgIpc) is 2.77. The molecule has 148 valence electrons. The number of carbonyl (C=O) groups is 2. The molecule has 1 saturated heterocycles. The Morgan fingerprint density at radius 1 is 0.893 bits per heavy atom. The monoisotopic (exact) mass is 383 g/mol. The minimum Gasteiger partial charge on any atom is -0.496 e. The highest BCUT2D eigenvalue weighted by Crippen LogP contribution is 2.33. The second-order valence-corrected chi connectivity index (χ2v) is 6.70. The smallest absolute Gasteiger partial charge is 0.257 e. The summed E-state index contributed by atoms with van der Waals surface area (Å²) in [7, 11) is 4.60. The minimum absolute atomic E-state index is 0.00700. The van der Waals surface area contributed by atoms with Gasteiger partial charge in [0.05, 0.1) is 32.5 Å². The van der Waals surface area contributed by atoms with Gasteiger partial charge in [-0.25, -0.2) is 0 Å². The number of rotatable bonds is 6. The summed E-state index contributed by atoms with van der Waals surface area (Å²) in [5.74, 6) is 1.07. The zero-order chi connectivity index (χ0) is 20.1. The van der Waals surface area contributed by atoms with Gasteiger partial charge < -0.3 is 19.1 Å². The number of piperidine rings is 1. The zero-order valence-corrected chi connectivity index (χ0v) is 16.4. The molecule has 1 heterocycles. The van der Waals surface area contributed by atoms with Gasteiger partial charge >= 0.3 is 0 Å². The summed E-state index contributed by atoms with van der Waals surface area (Å²) in [4.78, 5) is 27.9. The molecule has 1 atom stereocenters. The maximum absolute atomic E-state index is 13.1. The summed E-state index contributed by atoms with van der Waals surface area (Å²) in [5.41, 5.74) is 0.996. The molecule has 0 saturated carbocycles. The molecule has 6 nitrogen and oxygen atoms in total. The van der Waals surface area contributed by atoms with Crippen molar-refractivity contribution >= 4 is 11.7 Å². The van der Waals surface area contributed by atoms with E-state index in [1.54, 1.807) is 42.3 Å². The van der Waals surface area contributed by atoms with Crippen molar-refractivity contribution in [1.29, 1.82) is 0 Å². The summed E-state index contributed by atoms with van der Waals surface area (Å²) in [6.07, 6.45) is 1.51. The number of ketones is 1. The number of nitrogens with zero attached hydrogens (tertiary/aromatic N) is 1. The molecule has 2 aromatic rings. The Bertz CT molecular complexity index is 864. The maximum Gasteiger partial charge on any atom is 0.257 e. The molecular formula is C22H25NO5. The first-order chi connectivity index (χ1) is 13.6. The van der Waals surface area contributed by atoms with E-state index >= 15 is 0 Å². The van der Waals surface area contributed by atoms with Crippen LogP contribution in [0.15, 0.2) is 42.5 Å². The van der Waals surface area contributed by atoms with Gasteiger partial charge in [0.1, 0.15) is 5.75 Å². The third-order valence-electron chi connectivity index (χ3n) is 5.09. The van der Waals surface area contributed by atoms with Crippen LogP contribution >= 0.6 is 0 Å². The molecule has 2 aromatic carbocycles. The number of carbonyl (C=O) groups excluding carboxylic acids is 2. The SMILES string of the molecule is COc1ccccc1C(=O)C1CCCN(C(=O)c2cccc(OC)c2OC)C1. The molecule has 1 aliphatic heterocycles. The second kappa shape index (κ2) is 8.78. The molecule has 6 heteroatoms. The minimum atomic E-state index is -0.259. The van der Waals surface area contributed by atoms with Crippen LogP contribution in [-0.4, -0.2) is 51.0 Å². The van der Waals surface area contributed by atoms with Crippen molar-refractivity contribution < 1.29 is 23.8 Å². The molecule has 1 fully saturated rings. The van der Waals surface area contributed by atoms with Gasteiger partial charge in [-0.05, 0) is 37.1 Å². The Hall–Kier alpha value is -3.02. The van der Waals surface area contributed by atoms with E-state index in [2.05, 4.69) is 0 Å². The van der Waals surface area contributed by atoms with Gasteiger partial charge in [-0.2, -0.15) is 0 Å². The van der Waals surface area contributed by atoms with Gasteiger partial charge in [0.15, 0.2) is 17.3 Å². The Morgan fingerprint density at radius 2 is 1.57 bits per heavy atom. The fraction of sp³-hybridized carbons (Fsp3) is 0.364. The lowest BCUT2D eigenvalue weighted by Gasteiger charge is -2.32. The van der Waals surface area contributed by atoms with Gasteiger partial charge in [-0.3, -0.25) is 9.59 Å². The molecule has 0 spiro atoms. The van der Waals surface area contributed by atoms with Gasteiger partial charge in [0.2, 0.25) is 0 Å². The number of ether oxygens (including phenoxy) is 3. The molecule has 1 aliphatic rings. The van der Waals surface area contributed by atoms with E-state index in [1.807, 2.05) is 12.1 Å². The van der Waals surface area contributed by atoms with E-state index in [0.29, 0.717) is 41.5 Å². The van der Waals surface area contributed by atoms with E-state index in [9.17, 15) is 9.59 Å². The largest absolute Gasteiger partial charge is 0.496 e. The van der Waals surface area contributed by atoms with Crippen molar-refractivity contribution in [3.05, 3.63) is 53.6 Å². The van der Waals surface area contributed by atoms with E-state index < -0.39 is 0 Å². The standard InChI is InChI=1S/C22H25NO5/c1-26-18-11-5-4-9-16(18)20(24)15-8-7-13-23(14-15)22(25)17-10-6-12-19(27-2)21(17)28-3/h4-6,9-12,15H,7-8,13-14H2,1-3H3. The molecular weight excluding hydrogens is 358 g/mol. The Labute approximate surface area is 165 Å². The highest BCUT2D eigenvalue weighted by Gasteiger charge is 2.32. The average molecular weight is 383 g/mol. The Balaban J connectivity index is 1.82. The molecule has 1 unspecified atom stereocenters. The lowest BCUT2D eigenvalue weighted by Crippen LogP contribution is -2.42. The molecule has 0 aromatic heterocycles. The van der Waals surface area contributed by atoms with Crippen molar-refractivity contribution in [1.82, 2.24) is 4.90 Å². The molecule has 0 N–H and O–H groups in total. The van der Waals surface area contributed by atoms with E-state index in [4.69, 9.17) is 14.2 Å². The fourth-order valence-corrected chi connectivity index (χ4v) is 3.67. The van der Waals surface area contributed by atoms with E-state index in [1.165, 1.54) is 14.2 Å². The number of Topliss-reactive ketones (excluding diaryl/α,β-unsaturated/α-hetero) is 1. The van der Waals surface area contributed by atoms with Gasteiger partial charge in [-0.15, -0.1) is 0 Å². The number of methoxy groups -OCH3 is 3. The van der Waals surface area contributed by atoms with Crippen molar-refractivity contribution in [2.24, 2.45) is 5.92 Å². The zero-order valence-electron chi connectivity index (χ0n) is 16.4. The topological polar surface area (TPSA) is 65.1 Å². The first-order valence-electron chi connectivity index (χ1n) is 9.28. The third kappa shape index (κ3) is 3.81. The van der Waals surface area contributed by atoms with E-state index in [-0.39, 0.29) is 17.6 Å². The summed E-state index contributed by atoms with van der Waals surface area (Å²) in [6.45, 7) is 0.977. The Kier molecular flexibility index (Phi) is 6.19. The molecule has 3 rings (SSSR count). The van der Waals surface area contributed by atoms with Gasteiger partial charge in [0, 0.05) is 19.0 Å². The van der Waals surface area contributed by atoms with E-state index in [0.717, 1.165) is 12.8 Å². The number of para-hydroxylation sites is 2. The van der Waals surface area contributed by atoms with Crippen LogP contribution < -0.4 is 14.2 Å². The van der Waals surface area contributed by atoms with Crippen molar-refractivity contribution in [2.45, 2.75) is 12.8 Å². The quantitative estimate of drug-likeness (QED) is 0.715. The highest BCUT2D eigenvalue weighted by molar-refractivity contribution is 6.02. The molecule has 0 bridgehead atoms. The second-order valence-electron chi connectivity index (χ2n) is 6.70. The number of likely N-dealkylation sites (tertiary alicyclic amines) is 1. The predicted octanol–water partition coefficient (Wildman–Crippen LogP) is 3.45. The van der Waals surface area contributed by atoms with Crippen molar-refractivity contribution in [3.63, 3.8) is 0 Å². The normalized spacial score (nSPS) is 16.4. The first-order valence-corrected chi connectivity index (χ1v) is 9.28. The summed E-state index contributed by atoms with van der Waals surface area (Å²) in [5, 5.41) is 0. The summed E-state index contributed by atoms with van der Waals surface area (Å²) < 4.78 is 16.0. The Morgan fingerprint density at radius 3 is 2.29 bits per heavy atom. The van der Waals surface area contributed by atoms with Crippen LogP contribution in [-0.2, 0) is 0 Å². The number of hydrogen-bond donors (Lipinski definition) is 0. The number of benzene rings is 2. The highest BCUT2D eigenvalue weighted by atomic mass is 16.5. The molecule has 1 amide bonds. The van der Waals surface area contributed by atoms with Crippen molar-refractivity contribution in [3.8, 4) is 17.2 Å². The molecule has 0 radical (unpaired) electrons. The van der Waals surface area contributed by atoms with Gasteiger partial charge in [0.25, 0.3) is 5.91 Å². The van der Waals surface area contributed by atoms with Crippen LogP contribution in [0.3, 0.4) is 0 Å². The van der Waals surface area contributed by atoms with Crippen molar-refractivity contribution in [2.75, 3.05) is 34.4 Å². The van der Waals surface area contributed by atoms with Crippen LogP contribution in [0.25, 0.3) is 0 Å².